The largest absolute Gasteiger partial charge is 0.461 e. The summed E-state index contributed by atoms with van der Waals surface area (Å²) in [4.78, 5) is 11.6. The van der Waals surface area contributed by atoms with Crippen LogP contribution in [0.3, 0.4) is 0 Å². The first-order valence-electron chi connectivity index (χ1n) is 5.69. The van der Waals surface area contributed by atoms with Gasteiger partial charge in [-0.05, 0) is 19.1 Å². The van der Waals surface area contributed by atoms with Crippen molar-refractivity contribution in [3.05, 3.63) is 30.3 Å². The quantitative estimate of drug-likeness (QED) is 0.474. The maximum absolute atomic E-state index is 11.6. The molecule has 0 radical (unpaired) electrons. The number of esters is 1. The number of hydrazone groups is 1. The number of anilines is 1. The smallest absolute Gasteiger partial charge is 0.354 e. The van der Waals surface area contributed by atoms with E-state index in [1.54, 1.807) is 6.92 Å². The SMILES string of the molecule is CCOC(=O)/C(CCC#N)=N/Nc1ccccc1. The highest BCUT2D eigenvalue weighted by Crippen LogP contribution is 2.05. The second-order valence-electron chi connectivity index (χ2n) is 3.41. The predicted molar refractivity (Wildman–Crippen MR) is 69.0 cm³/mol. The molecule has 94 valence electrons. The number of ether oxygens (including phenoxy) is 1. The van der Waals surface area contributed by atoms with Crippen LogP contribution in [0, 0.1) is 11.3 Å². The molecule has 0 bridgehead atoms. The molecule has 0 aliphatic carbocycles. The number of para-hydroxylation sites is 1. The zero-order valence-corrected chi connectivity index (χ0v) is 10.2. The van der Waals surface area contributed by atoms with Crippen LogP contribution in [0.1, 0.15) is 19.8 Å². The zero-order valence-electron chi connectivity index (χ0n) is 10.2. The average Bonchev–Trinajstić information content (AvgIpc) is 2.40. The first kappa shape index (κ1) is 13.7. The van der Waals surface area contributed by atoms with Crippen molar-refractivity contribution in [2.24, 2.45) is 5.10 Å². The number of benzene rings is 1. The lowest BCUT2D eigenvalue weighted by Crippen LogP contribution is -2.19. The Hall–Kier alpha value is -2.35. The molecule has 0 aliphatic heterocycles. The third kappa shape index (κ3) is 4.66. The number of nitriles is 1. The van der Waals surface area contributed by atoms with Crippen molar-refractivity contribution in [2.75, 3.05) is 12.0 Å². The van der Waals surface area contributed by atoms with E-state index >= 15 is 0 Å². The van der Waals surface area contributed by atoms with Crippen LogP contribution in [0.5, 0.6) is 0 Å². The van der Waals surface area contributed by atoms with Gasteiger partial charge in [-0.2, -0.15) is 10.4 Å². The van der Waals surface area contributed by atoms with E-state index in [1.807, 2.05) is 36.4 Å². The molecule has 1 aromatic carbocycles. The summed E-state index contributed by atoms with van der Waals surface area (Å²) in [5, 5.41) is 12.5. The van der Waals surface area contributed by atoms with Gasteiger partial charge in [0.05, 0.1) is 18.4 Å². The summed E-state index contributed by atoms with van der Waals surface area (Å²) in [6, 6.07) is 11.2. The van der Waals surface area contributed by atoms with E-state index in [1.165, 1.54) is 0 Å². The number of carbonyl (C=O) groups excluding carboxylic acids is 1. The molecule has 0 saturated carbocycles. The van der Waals surface area contributed by atoms with Crippen LogP contribution >= 0.6 is 0 Å². The van der Waals surface area contributed by atoms with Crippen molar-refractivity contribution in [3.8, 4) is 6.07 Å². The van der Waals surface area contributed by atoms with Crippen molar-refractivity contribution < 1.29 is 9.53 Å². The van der Waals surface area contributed by atoms with E-state index in [2.05, 4.69) is 10.5 Å². The van der Waals surface area contributed by atoms with E-state index in [0.717, 1.165) is 5.69 Å². The summed E-state index contributed by atoms with van der Waals surface area (Å²) in [6.45, 7) is 2.01. The third-order valence-electron chi connectivity index (χ3n) is 2.08. The maximum Gasteiger partial charge on any atom is 0.354 e. The normalized spacial score (nSPS) is 10.6. The minimum absolute atomic E-state index is 0.224. The van der Waals surface area contributed by atoms with Gasteiger partial charge >= 0.3 is 5.97 Å². The van der Waals surface area contributed by atoms with Gasteiger partial charge in [0, 0.05) is 12.8 Å². The molecule has 0 atom stereocenters. The fourth-order valence-electron chi connectivity index (χ4n) is 1.24. The fourth-order valence-corrected chi connectivity index (χ4v) is 1.24. The summed E-state index contributed by atoms with van der Waals surface area (Å²) < 4.78 is 4.87. The molecule has 0 spiro atoms. The Labute approximate surface area is 106 Å². The minimum atomic E-state index is -0.490. The molecule has 1 rings (SSSR count). The Balaban J connectivity index is 2.70. The van der Waals surface area contributed by atoms with Gasteiger partial charge in [-0.25, -0.2) is 4.79 Å². The first-order valence-corrected chi connectivity index (χ1v) is 5.69. The summed E-state index contributed by atoms with van der Waals surface area (Å²) in [7, 11) is 0. The number of hydrogen-bond donors (Lipinski definition) is 1. The Morgan fingerprint density at radius 3 is 2.78 bits per heavy atom. The van der Waals surface area contributed by atoms with Gasteiger partial charge < -0.3 is 4.74 Å². The second-order valence-corrected chi connectivity index (χ2v) is 3.41. The molecule has 1 N–H and O–H groups in total. The van der Waals surface area contributed by atoms with Crippen molar-refractivity contribution in [2.45, 2.75) is 19.8 Å². The van der Waals surface area contributed by atoms with Gasteiger partial charge in [0.2, 0.25) is 0 Å². The number of carbonyl (C=O) groups is 1. The molecule has 0 heterocycles. The van der Waals surface area contributed by atoms with Gasteiger partial charge in [-0.3, -0.25) is 5.43 Å². The highest BCUT2D eigenvalue weighted by atomic mass is 16.5. The molecule has 18 heavy (non-hydrogen) atoms. The topological polar surface area (TPSA) is 74.5 Å². The third-order valence-corrected chi connectivity index (χ3v) is 2.08. The van der Waals surface area contributed by atoms with Gasteiger partial charge in [0.1, 0.15) is 5.71 Å². The monoisotopic (exact) mass is 245 g/mol. The predicted octanol–water partition coefficient (Wildman–Crippen LogP) is 2.32. The maximum atomic E-state index is 11.6. The summed E-state index contributed by atoms with van der Waals surface area (Å²) >= 11 is 0. The highest BCUT2D eigenvalue weighted by Gasteiger charge is 2.12. The van der Waals surface area contributed by atoms with Gasteiger partial charge in [0.25, 0.3) is 0 Å². The van der Waals surface area contributed by atoms with Crippen molar-refractivity contribution in [1.82, 2.24) is 0 Å². The van der Waals surface area contributed by atoms with Crippen molar-refractivity contribution in [1.29, 1.82) is 5.26 Å². The summed E-state index contributed by atoms with van der Waals surface area (Å²) in [6.07, 6.45) is 0.503. The summed E-state index contributed by atoms with van der Waals surface area (Å²) in [5.74, 6) is -0.490. The molecule has 0 unspecified atom stereocenters. The zero-order chi connectivity index (χ0) is 13.2. The summed E-state index contributed by atoms with van der Waals surface area (Å²) in [5.41, 5.74) is 3.77. The second kappa shape index (κ2) is 7.85. The molecule has 5 heteroatoms. The van der Waals surface area contributed by atoms with Crippen molar-refractivity contribution in [3.63, 3.8) is 0 Å². The van der Waals surface area contributed by atoms with E-state index < -0.39 is 5.97 Å². The molecule has 0 fully saturated rings. The van der Waals surface area contributed by atoms with Crippen LogP contribution in [0.25, 0.3) is 0 Å². The van der Waals surface area contributed by atoms with E-state index in [9.17, 15) is 4.79 Å². The number of nitrogens with one attached hydrogen (secondary N) is 1. The van der Waals surface area contributed by atoms with Crippen LogP contribution in [0.15, 0.2) is 35.4 Å². The van der Waals surface area contributed by atoms with Gasteiger partial charge in [-0.1, -0.05) is 18.2 Å². The molecule has 0 aromatic heterocycles. The molecule has 0 aliphatic rings. The molecule has 5 nitrogen and oxygen atoms in total. The highest BCUT2D eigenvalue weighted by molar-refractivity contribution is 6.36. The minimum Gasteiger partial charge on any atom is -0.461 e. The lowest BCUT2D eigenvalue weighted by Gasteiger charge is -2.05. The molecule has 0 saturated heterocycles. The van der Waals surface area contributed by atoms with Crippen LogP contribution in [0.2, 0.25) is 0 Å². The Morgan fingerprint density at radius 1 is 1.44 bits per heavy atom. The Bertz CT molecular complexity index is 449. The molecular formula is C13H15N3O2. The van der Waals surface area contributed by atoms with Gasteiger partial charge in [-0.15, -0.1) is 0 Å². The number of rotatable bonds is 6. The Kier molecular flexibility index (Phi) is 5.98. The van der Waals surface area contributed by atoms with Crippen LogP contribution in [-0.4, -0.2) is 18.3 Å². The van der Waals surface area contributed by atoms with E-state index in [-0.39, 0.29) is 25.2 Å². The van der Waals surface area contributed by atoms with E-state index in [0.29, 0.717) is 0 Å². The molecule has 0 amide bonds. The van der Waals surface area contributed by atoms with Crippen LogP contribution < -0.4 is 5.43 Å². The number of nitrogens with zero attached hydrogens (tertiary/aromatic N) is 2. The average molecular weight is 245 g/mol. The van der Waals surface area contributed by atoms with E-state index in [4.69, 9.17) is 10.00 Å². The van der Waals surface area contributed by atoms with Crippen LogP contribution in [0.4, 0.5) is 5.69 Å². The van der Waals surface area contributed by atoms with Gasteiger partial charge in [0.15, 0.2) is 0 Å². The van der Waals surface area contributed by atoms with Crippen LogP contribution in [-0.2, 0) is 9.53 Å². The fraction of sp³-hybridized carbons (Fsp3) is 0.308. The van der Waals surface area contributed by atoms with Crippen molar-refractivity contribution >= 4 is 17.4 Å². The lowest BCUT2D eigenvalue weighted by molar-refractivity contribution is -0.135. The molecular weight excluding hydrogens is 230 g/mol. The number of hydrogen-bond acceptors (Lipinski definition) is 5. The Morgan fingerprint density at radius 2 is 2.17 bits per heavy atom. The first-order chi connectivity index (χ1) is 8.77. The lowest BCUT2D eigenvalue weighted by atomic mass is 10.2. The standard InChI is InChI=1S/C13H15N3O2/c1-2-18-13(17)12(9-6-10-14)16-15-11-7-4-3-5-8-11/h3-5,7-8,15H,2,6,9H2,1H3/b16-12+. The molecule has 1 aromatic rings.